The topological polar surface area (TPSA) is 92.5 Å². The Morgan fingerprint density at radius 2 is 1.66 bits per heavy atom. The number of nitrogens with zero attached hydrogens (tertiary/aromatic N) is 1. The van der Waals surface area contributed by atoms with E-state index in [9.17, 15) is 13.2 Å². The van der Waals surface area contributed by atoms with Gasteiger partial charge < -0.3 is 11.1 Å². The molecular formula is C22H31N3O3S. The molecule has 3 N–H and O–H groups in total. The Bertz CT molecular complexity index is 861. The second-order valence-electron chi connectivity index (χ2n) is 9.99. The van der Waals surface area contributed by atoms with Crippen molar-refractivity contribution in [3.63, 3.8) is 0 Å². The number of hydrogen-bond acceptors (Lipinski definition) is 4. The quantitative estimate of drug-likeness (QED) is 0.721. The Morgan fingerprint density at radius 3 is 2.24 bits per heavy atom. The van der Waals surface area contributed by atoms with Crippen molar-refractivity contribution in [1.82, 2.24) is 9.62 Å². The molecule has 5 aliphatic rings. The maximum atomic E-state index is 13.1. The summed E-state index contributed by atoms with van der Waals surface area (Å²) in [6.07, 6.45) is 7.95. The predicted molar refractivity (Wildman–Crippen MR) is 111 cm³/mol. The van der Waals surface area contributed by atoms with Crippen molar-refractivity contribution in [2.75, 3.05) is 25.4 Å². The molecule has 1 aliphatic heterocycles. The maximum absolute atomic E-state index is 13.1. The molecule has 1 unspecified atom stereocenters. The van der Waals surface area contributed by atoms with Gasteiger partial charge in [0.2, 0.25) is 15.9 Å². The highest BCUT2D eigenvalue weighted by molar-refractivity contribution is 7.89. The number of nitrogens with one attached hydrogen (secondary N) is 1. The lowest BCUT2D eigenvalue weighted by Crippen LogP contribution is -2.54. The van der Waals surface area contributed by atoms with Crippen LogP contribution in [0, 0.1) is 29.1 Å². The van der Waals surface area contributed by atoms with Crippen LogP contribution in [0.25, 0.3) is 0 Å². The van der Waals surface area contributed by atoms with E-state index in [-0.39, 0.29) is 22.1 Å². The smallest absolute Gasteiger partial charge is 0.243 e. The molecule has 4 saturated carbocycles. The summed E-state index contributed by atoms with van der Waals surface area (Å²) >= 11 is 0. The summed E-state index contributed by atoms with van der Waals surface area (Å²) in [5, 5.41) is 3.22. The van der Waals surface area contributed by atoms with E-state index in [0.29, 0.717) is 25.3 Å². The normalized spacial score (nSPS) is 36.4. The van der Waals surface area contributed by atoms with Gasteiger partial charge in [0.25, 0.3) is 0 Å². The summed E-state index contributed by atoms with van der Waals surface area (Å²) in [6, 6.07) is 6.36. The number of carbonyl (C=O) groups excluding carboxylic acids is 1. The molecule has 1 saturated heterocycles. The van der Waals surface area contributed by atoms with Crippen LogP contribution in [-0.2, 0) is 14.8 Å². The summed E-state index contributed by atoms with van der Waals surface area (Å²) in [6.45, 7) is 1.55. The van der Waals surface area contributed by atoms with Gasteiger partial charge in [-0.05, 0) is 92.9 Å². The van der Waals surface area contributed by atoms with Gasteiger partial charge in [0.05, 0.1) is 4.90 Å². The fourth-order valence-corrected chi connectivity index (χ4v) is 8.32. The van der Waals surface area contributed by atoms with Crippen LogP contribution >= 0.6 is 0 Å². The lowest BCUT2D eigenvalue weighted by molar-refractivity contribution is -0.146. The zero-order valence-corrected chi connectivity index (χ0v) is 17.7. The molecule has 1 atom stereocenters. The second-order valence-corrected chi connectivity index (χ2v) is 11.9. The van der Waals surface area contributed by atoms with Gasteiger partial charge in [-0.15, -0.1) is 0 Å². The summed E-state index contributed by atoms with van der Waals surface area (Å²) in [5.74, 6) is 2.66. The summed E-state index contributed by atoms with van der Waals surface area (Å²) in [4.78, 5) is 13.4. The number of nitrogens with two attached hydrogens (primary N) is 1. The van der Waals surface area contributed by atoms with Gasteiger partial charge in [0.15, 0.2) is 0 Å². The lowest BCUT2D eigenvalue weighted by Gasteiger charge is -2.55. The van der Waals surface area contributed by atoms with Crippen molar-refractivity contribution in [2.24, 2.45) is 29.1 Å². The number of anilines is 1. The predicted octanol–water partition coefficient (Wildman–Crippen LogP) is 2.61. The first-order valence-corrected chi connectivity index (χ1v) is 12.4. The average molecular weight is 418 g/mol. The Labute approximate surface area is 173 Å². The molecular weight excluding hydrogens is 386 g/mol. The first kappa shape index (κ1) is 19.4. The fourth-order valence-electron chi connectivity index (χ4n) is 6.78. The van der Waals surface area contributed by atoms with Crippen molar-refractivity contribution >= 4 is 21.6 Å². The highest BCUT2D eigenvalue weighted by Crippen LogP contribution is 2.60. The Hall–Kier alpha value is -1.60. The van der Waals surface area contributed by atoms with Crippen LogP contribution in [-0.4, -0.2) is 38.3 Å². The molecule has 7 heteroatoms. The fraction of sp³-hybridized carbons (Fsp3) is 0.682. The van der Waals surface area contributed by atoms with Crippen LogP contribution in [0.15, 0.2) is 29.2 Å². The third-order valence-electron chi connectivity index (χ3n) is 7.84. The number of nitrogen functional groups attached to an aromatic ring is 1. The van der Waals surface area contributed by atoms with E-state index in [1.54, 1.807) is 28.6 Å². The van der Waals surface area contributed by atoms with Crippen LogP contribution < -0.4 is 11.1 Å². The molecule has 5 fully saturated rings. The Morgan fingerprint density at radius 1 is 1.07 bits per heavy atom. The van der Waals surface area contributed by atoms with E-state index in [4.69, 9.17) is 5.73 Å². The van der Waals surface area contributed by atoms with Gasteiger partial charge in [-0.25, -0.2) is 8.42 Å². The molecule has 0 aromatic heterocycles. The largest absolute Gasteiger partial charge is 0.399 e. The minimum absolute atomic E-state index is 0.136. The summed E-state index contributed by atoms with van der Waals surface area (Å²) < 4.78 is 27.3. The Kier molecular flexibility index (Phi) is 4.66. The maximum Gasteiger partial charge on any atom is 0.243 e. The van der Waals surface area contributed by atoms with E-state index in [0.717, 1.165) is 43.4 Å². The standard InChI is InChI=1S/C22H31N3O3S/c23-19-1-3-20(4-2-19)29(27,28)25-6-5-15(14-25)13-24-21(26)22-10-16-7-17(11-22)9-18(8-16)12-22/h1-4,15-18H,5-14,23H2,(H,24,26). The molecule has 1 aromatic carbocycles. The number of rotatable bonds is 5. The molecule has 29 heavy (non-hydrogen) atoms. The van der Waals surface area contributed by atoms with Crippen molar-refractivity contribution in [2.45, 2.75) is 49.8 Å². The molecule has 158 valence electrons. The van der Waals surface area contributed by atoms with Crippen LogP contribution in [0.4, 0.5) is 5.69 Å². The SMILES string of the molecule is Nc1ccc(S(=O)(=O)N2CCC(CNC(=O)C34CC5CC(CC(C5)C3)C4)C2)cc1. The minimum atomic E-state index is -3.50. The van der Waals surface area contributed by atoms with E-state index in [2.05, 4.69) is 5.32 Å². The van der Waals surface area contributed by atoms with Crippen molar-refractivity contribution in [3.05, 3.63) is 24.3 Å². The van der Waals surface area contributed by atoms with Crippen LogP contribution in [0.5, 0.6) is 0 Å². The number of hydrogen-bond donors (Lipinski definition) is 2. The zero-order chi connectivity index (χ0) is 20.2. The van der Waals surface area contributed by atoms with Gasteiger partial charge in [-0.3, -0.25) is 4.79 Å². The number of amides is 1. The molecule has 0 radical (unpaired) electrons. The van der Waals surface area contributed by atoms with E-state index in [1.807, 2.05) is 0 Å². The van der Waals surface area contributed by atoms with Crippen molar-refractivity contribution in [3.8, 4) is 0 Å². The van der Waals surface area contributed by atoms with E-state index >= 15 is 0 Å². The second kappa shape index (κ2) is 6.98. The van der Waals surface area contributed by atoms with Gasteiger partial charge in [0.1, 0.15) is 0 Å². The van der Waals surface area contributed by atoms with Crippen LogP contribution in [0.3, 0.4) is 0 Å². The highest BCUT2D eigenvalue weighted by atomic mass is 32.2. The first-order chi connectivity index (χ1) is 13.8. The van der Waals surface area contributed by atoms with Crippen LogP contribution in [0.2, 0.25) is 0 Å². The molecule has 1 heterocycles. The summed E-state index contributed by atoms with van der Waals surface area (Å²) in [5.41, 5.74) is 6.09. The first-order valence-electron chi connectivity index (χ1n) is 11.0. The number of sulfonamides is 1. The number of carbonyl (C=O) groups is 1. The molecule has 4 aliphatic carbocycles. The van der Waals surface area contributed by atoms with Gasteiger partial charge in [-0.1, -0.05) is 0 Å². The highest BCUT2D eigenvalue weighted by Gasteiger charge is 2.54. The molecule has 0 spiro atoms. The average Bonchev–Trinajstić information content (AvgIpc) is 3.15. The van der Waals surface area contributed by atoms with Crippen molar-refractivity contribution < 1.29 is 13.2 Å². The monoisotopic (exact) mass is 417 g/mol. The molecule has 1 aromatic rings. The van der Waals surface area contributed by atoms with Gasteiger partial charge >= 0.3 is 0 Å². The lowest BCUT2D eigenvalue weighted by atomic mass is 9.49. The molecule has 6 rings (SSSR count). The summed E-state index contributed by atoms with van der Waals surface area (Å²) in [7, 11) is -3.50. The third kappa shape index (κ3) is 3.46. The van der Waals surface area contributed by atoms with Gasteiger partial charge in [-0.2, -0.15) is 4.31 Å². The molecule has 1 amide bonds. The minimum Gasteiger partial charge on any atom is -0.399 e. The van der Waals surface area contributed by atoms with Crippen LogP contribution in [0.1, 0.15) is 44.9 Å². The molecule has 6 nitrogen and oxygen atoms in total. The number of benzene rings is 1. The van der Waals surface area contributed by atoms with Gasteiger partial charge in [0, 0.05) is 30.7 Å². The van der Waals surface area contributed by atoms with Crippen molar-refractivity contribution in [1.29, 1.82) is 0 Å². The van der Waals surface area contributed by atoms with E-state index < -0.39 is 10.0 Å². The zero-order valence-electron chi connectivity index (χ0n) is 16.8. The third-order valence-corrected chi connectivity index (χ3v) is 9.72. The van der Waals surface area contributed by atoms with E-state index in [1.165, 1.54) is 19.3 Å². The Balaban J connectivity index is 1.19. The molecule has 4 bridgehead atoms.